The van der Waals surface area contributed by atoms with Crippen LogP contribution in [0.2, 0.25) is 0 Å². The monoisotopic (exact) mass is 586 g/mol. The first-order chi connectivity index (χ1) is 20.5. The number of rotatable bonds is 11. The van der Waals surface area contributed by atoms with Crippen molar-refractivity contribution < 1.29 is 23.1 Å². The van der Waals surface area contributed by atoms with Crippen molar-refractivity contribution in [3.8, 4) is 0 Å². The zero-order valence-electron chi connectivity index (χ0n) is 24.3. The number of nitrogens with one attached hydrogen (secondary N) is 2. The molecule has 0 aliphatic heterocycles. The lowest BCUT2D eigenvalue weighted by Gasteiger charge is -2.27. The Balaban J connectivity index is 1.65. The molecule has 0 unspecified atom stereocenters. The number of benzene rings is 2. The zero-order chi connectivity index (χ0) is 31.1. The fourth-order valence-electron chi connectivity index (χ4n) is 4.34. The topological polar surface area (TPSA) is 113 Å². The smallest absolute Gasteiger partial charge is 0.330 e. The third-order valence-corrected chi connectivity index (χ3v) is 6.35. The number of hydrogen-bond donors (Lipinski definition) is 2. The molecule has 0 aliphatic rings. The SMILES string of the molecule is C=C(C)N=C(/C=C\C)c1cc2cc(C(=O)N[C@@H](CN(c3ccccc3)c3nccc(C(C)(F)F)n3)C(=O)OC)ccc2[nH]1. The molecule has 9 nitrogen and oxygen atoms in total. The summed E-state index contributed by atoms with van der Waals surface area (Å²) >= 11 is 0. The second-order valence-electron chi connectivity index (χ2n) is 9.84. The van der Waals surface area contributed by atoms with Crippen LogP contribution in [0.3, 0.4) is 0 Å². The number of halogens is 2. The predicted molar refractivity (Wildman–Crippen MR) is 163 cm³/mol. The summed E-state index contributed by atoms with van der Waals surface area (Å²) < 4.78 is 33.2. The van der Waals surface area contributed by atoms with Gasteiger partial charge in [-0.15, -0.1) is 0 Å². The van der Waals surface area contributed by atoms with Gasteiger partial charge >= 0.3 is 5.97 Å². The van der Waals surface area contributed by atoms with E-state index in [1.807, 2.05) is 25.1 Å². The summed E-state index contributed by atoms with van der Waals surface area (Å²) in [4.78, 5) is 43.8. The molecule has 0 aliphatic carbocycles. The molecule has 2 N–H and O–H groups in total. The van der Waals surface area contributed by atoms with Gasteiger partial charge in [-0.2, -0.15) is 8.78 Å². The number of aromatic amines is 1. The average molecular weight is 587 g/mol. The zero-order valence-corrected chi connectivity index (χ0v) is 24.3. The number of ether oxygens (including phenoxy) is 1. The number of aromatic nitrogens is 3. The first kappa shape index (κ1) is 30.8. The summed E-state index contributed by atoms with van der Waals surface area (Å²) in [5.74, 6) is -4.55. The van der Waals surface area contributed by atoms with E-state index >= 15 is 0 Å². The first-order valence-electron chi connectivity index (χ1n) is 13.4. The Bertz CT molecular complexity index is 1690. The van der Waals surface area contributed by atoms with Gasteiger partial charge in [-0.25, -0.2) is 14.8 Å². The number of esters is 1. The highest BCUT2D eigenvalue weighted by molar-refractivity contribution is 6.11. The average Bonchev–Trinajstić information content (AvgIpc) is 3.42. The maximum atomic E-state index is 14.1. The van der Waals surface area contributed by atoms with E-state index in [1.165, 1.54) is 18.2 Å². The van der Waals surface area contributed by atoms with Crippen LogP contribution in [-0.4, -0.2) is 52.2 Å². The molecular formula is C32H32F2N6O3. The summed E-state index contributed by atoms with van der Waals surface area (Å²) in [5.41, 5.74) is 3.21. The first-order valence-corrected chi connectivity index (χ1v) is 13.4. The van der Waals surface area contributed by atoms with E-state index in [4.69, 9.17) is 4.74 Å². The van der Waals surface area contributed by atoms with Crippen molar-refractivity contribution in [1.82, 2.24) is 20.3 Å². The number of fused-ring (bicyclic) bond motifs is 1. The Morgan fingerprint density at radius 1 is 1.19 bits per heavy atom. The minimum absolute atomic E-state index is 0.0667. The van der Waals surface area contributed by atoms with Crippen LogP contribution >= 0.6 is 0 Å². The second-order valence-corrected chi connectivity index (χ2v) is 9.84. The summed E-state index contributed by atoms with van der Waals surface area (Å²) in [6.45, 7) is 8.08. The van der Waals surface area contributed by atoms with Crippen molar-refractivity contribution >= 4 is 40.1 Å². The third-order valence-electron chi connectivity index (χ3n) is 6.35. The molecule has 4 aromatic rings. The van der Waals surface area contributed by atoms with Crippen molar-refractivity contribution in [3.05, 3.63) is 108 Å². The van der Waals surface area contributed by atoms with Gasteiger partial charge in [-0.1, -0.05) is 30.9 Å². The summed E-state index contributed by atoms with van der Waals surface area (Å²) in [7, 11) is 1.20. The number of amides is 1. The lowest BCUT2D eigenvalue weighted by molar-refractivity contribution is -0.142. The summed E-state index contributed by atoms with van der Waals surface area (Å²) in [5, 5.41) is 3.48. The molecule has 0 spiro atoms. The van der Waals surface area contributed by atoms with Gasteiger partial charge in [0.15, 0.2) is 0 Å². The van der Waals surface area contributed by atoms with Gasteiger partial charge in [0.25, 0.3) is 11.8 Å². The van der Waals surface area contributed by atoms with E-state index in [1.54, 1.807) is 55.5 Å². The van der Waals surface area contributed by atoms with E-state index in [0.29, 0.717) is 22.7 Å². The van der Waals surface area contributed by atoms with Crippen molar-refractivity contribution in [3.63, 3.8) is 0 Å². The molecule has 11 heteroatoms. The molecule has 43 heavy (non-hydrogen) atoms. The van der Waals surface area contributed by atoms with E-state index in [-0.39, 0.29) is 12.5 Å². The molecule has 2 heterocycles. The molecule has 222 valence electrons. The van der Waals surface area contributed by atoms with E-state index in [2.05, 4.69) is 31.8 Å². The number of aliphatic imine (C=N–C) groups is 1. The van der Waals surface area contributed by atoms with Gasteiger partial charge in [0.05, 0.1) is 25.1 Å². The fourth-order valence-corrected chi connectivity index (χ4v) is 4.34. The lowest BCUT2D eigenvalue weighted by Crippen LogP contribution is -2.48. The minimum atomic E-state index is -3.21. The van der Waals surface area contributed by atoms with Crippen LogP contribution in [0.15, 0.2) is 96.3 Å². The molecule has 0 radical (unpaired) electrons. The number of anilines is 2. The van der Waals surface area contributed by atoms with E-state index < -0.39 is 29.5 Å². The van der Waals surface area contributed by atoms with E-state index in [9.17, 15) is 18.4 Å². The highest BCUT2D eigenvalue weighted by Gasteiger charge is 2.30. The van der Waals surface area contributed by atoms with Gasteiger partial charge in [-0.3, -0.25) is 9.79 Å². The van der Waals surface area contributed by atoms with Crippen molar-refractivity contribution in [2.75, 3.05) is 18.6 Å². The normalized spacial score (nSPS) is 12.7. The van der Waals surface area contributed by atoms with Crippen molar-refractivity contribution in [2.24, 2.45) is 4.99 Å². The van der Waals surface area contributed by atoms with Crippen LogP contribution in [0.4, 0.5) is 20.4 Å². The Morgan fingerprint density at radius 2 is 1.93 bits per heavy atom. The highest BCUT2D eigenvalue weighted by Crippen LogP contribution is 2.28. The Labute approximate surface area is 248 Å². The summed E-state index contributed by atoms with van der Waals surface area (Å²) in [6, 6.07) is 15.6. The Morgan fingerprint density at radius 3 is 2.58 bits per heavy atom. The van der Waals surface area contributed by atoms with Crippen LogP contribution < -0.4 is 10.2 Å². The lowest BCUT2D eigenvalue weighted by atomic mass is 10.1. The summed E-state index contributed by atoms with van der Waals surface area (Å²) in [6.07, 6.45) is 4.94. The largest absolute Gasteiger partial charge is 0.467 e. The number of allylic oxidation sites excluding steroid dienone is 3. The highest BCUT2D eigenvalue weighted by atomic mass is 19.3. The fraction of sp³-hybridized carbons (Fsp3) is 0.219. The van der Waals surface area contributed by atoms with Gasteiger partial charge < -0.3 is 19.9 Å². The number of carbonyl (C=O) groups excluding carboxylic acids is 2. The minimum Gasteiger partial charge on any atom is -0.467 e. The van der Waals surface area contributed by atoms with Crippen LogP contribution in [0, 0.1) is 0 Å². The molecule has 0 bridgehead atoms. The number of hydrogen-bond acceptors (Lipinski definition) is 7. The molecule has 0 saturated heterocycles. The van der Waals surface area contributed by atoms with Crippen LogP contribution in [-0.2, 0) is 15.5 Å². The number of alkyl halides is 2. The molecule has 0 fully saturated rings. The predicted octanol–water partition coefficient (Wildman–Crippen LogP) is 6.08. The number of para-hydroxylation sites is 1. The van der Waals surface area contributed by atoms with Crippen molar-refractivity contribution in [1.29, 1.82) is 0 Å². The van der Waals surface area contributed by atoms with Crippen molar-refractivity contribution in [2.45, 2.75) is 32.7 Å². The van der Waals surface area contributed by atoms with Crippen LogP contribution in [0.25, 0.3) is 10.9 Å². The molecular weight excluding hydrogens is 554 g/mol. The van der Waals surface area contributed by atoms with E-state index in [0.717, 1.165) is 29.6 Å². The molecule has 2 aromatic heterocycles. The molecule has 4 rings (SSSR count). The van der Waals surface area contributed by atoms with Gasteiger partial charge in [0.1, 0.15) is 11.7 Å². The maximum Gasteiger partial charge on any atom is 0.330 e. The Kier molecular flexibility index (Phi) is 9.44. The molecule has 2 aromatic carbocycles. The standard InChI is InChI=1S/C32H32F2N6O3/c1-6-10-25(36-20(2)3)26-18-22-17-21(13-14-24(22)37-26)29(41)38-27(30(42)43-5)19-40(23-11-8-7-9-12-23)31-35-16-15-28(39-31)32(4,33)34/h6-18,27,37H,2,19H2,1,3-5H3,(H,38,41)/b10-6-,36-25?/t27-/m0/s1. The molecule has 0 saturated carbocycles. The van der Waals surface area contributed by atoms with Gasteiger partial charge in [0, 0.05) is 41.0 Å². The van der Waals surface area contributed by atoms with Crippen LogP contribution in [0.1, 0.15) is 42.5 Å². The quantitative estimate of drug-likeness (QED) is 0.163. The van der Waals surface area contributed by atoms with Gasteiger partial charge in [-0.05, 0) is 62.4 Å². The van der Waals surface area contributed by atoms with Crippen LogP contribution in [0.5, 0.6) is 0 Å². The molecule has 1 atom stereocenters. The maximum absolute atomic E-state index is 14.1. The number of H-pyrrole nitrogens is 1. The number of nitrogens with zero attached hydrogens (tertiary/aromatic N) is 4. The molecule has 1 amide bonds. The second kappa shape index (κ2) is 13.2. The van der Waals surface area contributed by atoms with Gasteiger partial charge in [0.2, 0.25) is 5.95 Å². The third kappa shape index (κ3) is 7.56. The number of methoxy groups -OCH3 is 1. The number of carbonyl (C=O) groups is 2. The Hall–Kier alpha value is -5.19.